The van der Waals surface area contributed by atoms with Gasteiger partial charge in [0.1, 0.15) is 5.75 Å². The molecule has 0 N–H and O–H groups in total. The van der Waals surface area contributed by atoms with Gasteiger partial charge in [0.05, 0.1) is 7.11 Å². The average Bonchev–Trinajstić information content (AvgIpc) is 2.49. The van der Waals surface area contributed by atoms with E-state index in [4.69, 9.17) is 4.74 Å². The van der Waals surface area contributed by atoms with Crippen LogP contribution in [0.4, 0.5) is 0 Å². The first kappa shape index (κ1) is 16.0. The van der Waals surface area contributed by atoms with E-state index in [1.165, 1.54) is 5.56 Å². The maximum atomic E-state index is 5.41. The van der Waals surface area contributed by atoms with Crippen molar-refractivity contribution < 1.29 is 4.74 Å². The highest BCUT2D eigenvalue weighted by Crippen LogP contribution is 2.27. The zero-order chi connectivity index (χ0) is 14.8. The molecule has 2 nitrogen and oxygen atoms in total. The van der Waals surface area contributed by atoms with Gasteiger partial charge >= 0.3 is 0 Å². The number of ether oxygens (including phenoxy) is 1. The van der Waals surface area contributed by atoms with E-state index in [1.807, 2.05) is 18.2 Å². The van der Waals surface area contributed by atoms with Crippen LogP contribution in [0.2, 0.25) is 0 Å². The van der Waals surface area contributed by atoms with Gasteiger partial charge in [-0.2, -0.15) is 0 Å². The minimum atomic E-state index is 0.860. The molecule has 1 aromatic rings. The minimum Gasteiger partial charge on any atom is -0.496 e. The summed E-state index contributed by atoms with van der Waals surface area (Å²) in [6.45, 7) is 6.22. The van der Waals surface area contributed by atoms with Crippen molar-refractivity contribution >= 4 is 11.8 Å². The van der Waals surface area contributed by atoms with Crippen molar-refractivity contribution in [2.45, 2.75) is 19.8 Å². The summed E-state index contributed by atoms with van der Waals surface area (Å²) in [6, 6.07) is 6.21. The molecule has 0 fully saturated rings. The molecule has 0 heterocycles. The molecule has 0 bridgehead atoms. The Hall–Kier alpha value is -2.09. The molecule has 0 aliphatic carbocycles. The predicted molar refractivity (Wildman–Crippen MR) is 88.7 cm³/mol. The van der Waals surface area contributed by atoms with Crippen LogP contribution in [0.15, 0.2) is 54.1 Å². The Labute approximate surface area is 122 Å². The van der Waals surface area contributed by atoms with Crippen LogP contribution < -0.4 is 4.74 Å². The summed E-state index contributed by atoms with van der Waals surface area (Å²) >= 11 is 0. The molecule has 0 aromatic heterocycles. The smallest absolute Gasteiger partial charge is 0.126 e. The first-order valence-electron chi connectivity index (χ1n) is 6.83. The molecule has 2 heteroatoms. The summed E-state index contributed by atoms with van der Waals surface area (Å²) < 4.78 is 5.41. The van der Waals surface area contributed by atoms with Crippen molar-refractivity contribution in [2.24, 2.45) is 4.99 Å². The second kappa shape index (κ2) is 8.92. The molecule has 0 radical (unpaired) electrons. The maximum absolute atomic E-state index is 5.41. The molecule has 20 heavy (non-hydrogen) atoms. The maximum Gasteiger partial charge on any atom is 0.126 e. The predicted octanol–water partition coefficient (Wildman–Crippen LogP) is 4.47. The number of rotatable bonds is 7. The number of hydrogen-bond acceptors (Lipinski definition) is 2. The van der Waals surface area contributed by atoms with Crippen LogP contribution in [0.1, 0.15) is 24.5 Å². The lowest BCUT2D eigenvalue weighted by atomic mass is 10.0. The van der Waals surface area contributed by atoms with Crippen molar-refractivity contribution in [1.82, 2.24) is 0 Å². The quantitative estimate of drug-likeness (QED) is 0.528. The van der Waals surface area contributed by atoms with E-state index in [1.54, 1.807) is 20.4 Å². The van der Waals surface area contributed by atoms with E-state index in [0.29, 0.717) is 0 Å². The van der Waals surface area contributed by atoms with Crippen LogP contribution in [0.5, 0.6) is 5.75 Å². The number of aliphatic imine (C=N–C) groups is 1. The van der Waals surface area contributed by atoms with E-state index in [9.17, 15) is 0 Å². The molecule has 0 aliphatic heterocycles. The number of benzene rings is 1. The van der Waals surface area contributed by atoms with E-state index in [0.717, 1.165) is 29.7 Å². The molecule has 0 amide bonds. The normalized spacial score (nSPS) is 11.8. The lowest BCUT2D eigenvalue weighted by Gasteiger charge is -2.10. The third-order valence-electron chi connectivity index (χ3n) is 2.89. The lowest BCUT2D eigenvalue weighted by molar-refractivity contribution is 0.413. The zero-order valence-electron chi connectivity index (χ0n) is 12.6. The summed E-state index contributed by atoms with van der Waals surface area (Å²) in [7, 11) is 3.45. The van der Waals surface area contributed by atoms with Crippen molar-refractivity contribution in [3.8, 4) is 5.75 Å². The first-order chi connectivity index (χ1) is 9.72. The van der Waals surface area contributed by atoms with Crippen LogP contribution >= 0.6 is 0 Å². The Kier molecular flexibility index (Phi) is 7.12. The van der Waals surface area contributed by atoms with Gasteiger partial charge in [-0.05, 0) is 42.2 Å². The average molecular weight is 269 g/mol. The Morgan fingerprint density at radius 3 is 2.80 bits per heavy atom. The summed E-state index contributed by atoms with van der Waals surface area (Å²) in [5.41, 5.74) is 3.25. The third-order valence-corrected chi connectivity index (χ3v) is 2.89. The van der Waals surface area contributed by atoms with Gasteiger partial charge in [0.15, 0.2) is 0 Å². The number of methoxy groups -OCH3 is 1. The standard InChI is InChI=1S/C18H23NO/c1-5-6-9-15(2)17-14-16(10-7-8-13-19-3)11-12-18(17)20-4/h6-9,11-14H,2,5,10H2,1,3-4H3/b8-7-,9-6-,19-13?. The third kappa shape index (κ3) is 4.88. The number of allylic oxidation sites excluding steroid dienone is 5. The van der Waals surface area contributed by atoms with Crippen molar-refractivity contribution in [1.29, 1.82) is 0 Å². The fourth-order valence-electron chi connectivity index (χ4n) is 1.83. The summed E-state index contributed by atoms with van der Waals surface area (Å²) in [4.78, 5) is 3.92. The van der Waals surface area contributed by atoms with Crippen LogP contribution in [0, 0.1) is 0 Å². The van der Waals surface area contributed by atoms with Gasteiger partial charge < -0.3 is 4.74 Å². The largest absolute Gasteiger partial charge is 0.496 e. The Balaban J connectivity index is 2.96. The first-order valence-corrected chi connectivity index (χ1v) is 6.83. The highest BCUT2D eigenvalue weighted by Gasteiger charge is 2.05. The molecule has 1 rings (SSSR count). The van der Waals surface area contributed by atoms with Crippen molar-refractivity contribution in [2.75, 3.05) is 14.2 Å². The van der Waals surface area contributed by atoms with E-state index < -0.39 is 0 Å². The number of hydrogen-bond donors (Lipinski definition) is 0. The molecule has 0 aliphatic rings. The van der Waals surface area contributed by atoms with Crippen molar-refractivity contribution in [3.05, 3.63) is 60.2 Å². The SMILES string of the molecule is C=C(/C=C\CC)c1cc(C/C=C\C=NC)ccc1OC. The molecular formula is C18H23NO. The molecule has 0 saturated heterocycles. The highest BCUT2D eigenvalue weighted by molar-refractivity contribution is 5.76. The fraction of sp³-hybridized carbons (Fsp3) is 0.278. The van der Waals surface area contributed by atoms with Crippen LogP contribution in [-0.2, 0) is 6.42 Å². The van der Waals surface area contributed by atoms with E-state index >= 15 is 0 Å². The zero-order valence-corrected chi connectivity index (χ0v) is 12.6. The minimum absolute atomic E-state index is 0.860. The van der Waals surface area contributed by atoms with E-state index in [2.05, 4.69) is 42.8 Å². The monoisotopic (exact) mass is 269 g/mol. The van der Waals surface area contributed by atoms with E-state index in [-0.39, 0.29) is 0 Å². The van der Waals surface area contributed by atoms with Crippen molar-refractivity contribution in [3.63, 3.8) is 0 Å². The lowest BCUT2D eigenvalue weighted by Crippen LogP contribution is -1.92. The Morgan fingerprint density at radius 2 is 2.15 bits per heavy atom. The van der Waals surface area contributed by atoms with Gasteiger partial charge in [0, 0.05) is 18.8 Å². The summed E-state index contributed by atoms with van der Waals surface area (Å²) in [5.74, 6) is 0.860. The van der Waals surface area contributed by atoms with Crippen LogP contribution in [0.25, 0.3) is 5.57 Å². The molecule has 1 aromatic carbocycles. The van der Waals surface area contributed by atoms with Gasteiger partial charge in [-0.15, -0.1) is 0 Å². The molecule has 0 spiro atoms. The Morgan fingerprint density at radius 1 is 1.35 bits per heavy atom. The van der Waals surface area contributed by atoms with Gasteiger partial charge in [-0.1, -0.05) is 37.8 Å². The van der Waals surface area contributed by atoms with Gasteiger partial charge in [0.25, 0.3) is 0 Å². The highest BCUT2D eigenvalue weighted by atomic mass is 16.5. The molecule has 106 valence electrons. The number of nitrogens with zero attached hydrogens (tertiary/aromatic N) is 1. The van der Waals surface area contributed by atoms with Crippen LogP contribution in [-0.4, -0.2) is 20.4 Å². The summed E-state index contributed by atoms with van der Waals surface area (Å²) in [5, 5.41) is 0. The second-order valence-corrected chi connectivity index (χ2v) is 4.41. The van der Waals surface area contributed by atoms with Gasteiger partial charge in [-0.3, -0.25) is 4.99 Å². The molecular weight excluding hydrogens is 246 g/mol. The topological polar surface area (TPSA) is 21.6 Å². The second-order valence-electron chi connectivity index (χ2n) is 4.41. The molecule has 0 unspecified atom stereocenters. The van der Waals surface area contributed by atoms with Crippen LogP contribution in [0.3, 0.4) is 0 Å². The van der Waals surface area contributed by atoms with Gasteiger partial charge in [0.2, 0.25) is 0 Å². The molecule has 0 atom stereocenters. The summed E-state index contributed by atoms with van der Waals surface area (Å²) in [6.07, 6.45) is 11.8. The molecule has 0 saturated carbocycles. The Bertz CT molecular complexity index is 524. The fourth-order valence-corrected chi connectivity index (χ4v) is 1.83. The van der Waals surface area contributed by atoms with Gasteiger partial charge in [-0.25, -0.2) is 0 Å².